The zero-order valence-electron chi connectivity index (χ0n) is 17.9. The van der Waals surface area contributed by atoms with Gasteiger partial charge in [0.2, 0.25) is 0 Å². The Balaban J connectivity index is 1.16. The number of nitrogens with zero attached hydrogens (tertiary/aromatic N) is 2. The van der Waals surface area contributed by atoms with Gasteiger partial charge in [-0.1, -0.05) is 46.8 Å². The van der Waals surface area contributed by atoms with Crippen molar-refractivity contribution in [3.05, 3.63) is 33.3 Å². The van der Waals surface area contributed by atoms with Crippen LogP contribution in [0.2, 0.25) is 5.02 Å². The summed E-state index contributed by atoms with van der Waals surface area (Å²) in [5.41, 5.74) is 1.33. The van der Waals surface area contributed by atoms with Gasteiger partial charge < -0.3 is 15.1 Å². The smallest absolute Gasteiger partial charge is 0.317 e. The Morgan fingerprint density at radius 3 is 2.53 bits per heavy atom. The van der Waals surface area contributed by atoms with Gasteiger partial charge in [0.05, 0.1) is 0 Å². The first kappa shape index (κ1) is 22.4. The lowest BCUT2D eigenvalue weighted by Gasteiger charge is -2.40. The van der Waals surface area contributed by atoms with E-state index in [1.54, 1.807) is 0 Å². The second kappa shape index (κ2) is 10.7. The fourth-order valence-electron chi connectivity index (χ4n) is 5.45. The molecule has 1 saturated carbocycles. The van der Waals surface area contributed by atoms with Gasteiger partial charge in [-0.2, -0.15) is 0 Å². The molecule has 30 heavy (non-hydrogen) atoms. The molecule has 166 valence electrons. The minimum atomic E-state index is 0.184. The molecule has 4 rings (SSSR count). The molecule has 1 N–H and O–H groups in total. The molecule has 2 saturated heterocycles. The minimum absolute atomic E-state index is 0.184. The van der Waals surface area contributed by atoms with E-state index in [0.29, 0.717) is 12.1 Å². The second-order valence-corrected chi connectivity index (χ2v) is 10.7. The van der Waals surface area contributed by atoms with Crippen molar-refractivity contribution >= 4 is 33.6 Å². The molecule has 2 aliphatic heterocycles. The molecule has 1 unspecified atom stereocenters. The van der Waals surface area contributed by atoms with Gasteiger partial charge in [-0.15, -0.1) is 0 Å². The number of piperidine rings is 1. The minimum Gasteiger partial charge on any atom is -0.335 e. The van der Waals surface area contributed by atoms with E-state index < -0.39 is 0 Å². The van der Waals surface area contributed by atoms with Crippen molar-refractivity contribution in [3.63, 3.8) is 0 Å². The first-order chi connectivity index (χ1) is 14.6. The summed E-state index contributed by atoms with van der Waals surface area (Å²) in [5.74, 6) is 0.731. The van der Waals surface area contributed by atoms with E-state index in [1.807, 2.05) is 6.07 Å². The molecule has 1 aromatic rings. The van der Waals surface area contributed by atoms with Gasteiger partial charge in [0.1, 0.15) is 0 Å². The first-order valence-electron chi connectivity index (χ1n) is 11.8. The molecular formula is C24H35BrClN3O. The van der Waals surface area contributed by atoms with E-state index in [1.165, 1.54) is 55.0 Å². The number of urea groups is 1. The van der Waals surface area contributed by atoms with Crippen molar-refractivity contribution in [1.29, 1.82) is 0 Å². The topological polar surface area (TPSA) is 35.6 Å². The van der Waals surface area contributed by atoms with Crippen LogP contribution >= 0.6 is 27.5 Å². The van der Waals surface area contributed by atoms with E-state index in [2.05, 4.69) is 43.2 Å². The third kappa shape index (κ3) is 5.92. The van der Waals surface area contributed by atoms with Gasteiger partial charge in [-0.05, 0) is 87.7 Å². The molecule has 1 atom stereocenters. The number of benzene rings is 1. The van der Waals surface area contributed by atoms with E-state index in [4.69, 9.17) is 11.6 Å². The Kier molecular flexibility index (Phi) is 7.99. The Hall–Kier alpha value is -0.780. The van der Waals surface area contributed by atoms with Crippen LogP contribution in [0.15, 0.2) is 22.7 Å². The summed E-state index contributed by atoms with van der Waals surface area (Å²) in [5, 5.41) is 4.12. The number of amides is 2. The van der Waals surface area contributed by atoms with Crippen LogP contribution in [0, 0.1) is 5.92 Å². The van der Waals surface area contributed by atoms with Crippen LogP contribution in [0.25, 0.3) is 0 Å². The van der Waals surface area contributed by atoms with Crippen LogP contribution in [-0.2, 0) is 6.42 Å². The number of carbonyl (C=O) groups excluding carboxylic acids is 1. The zero-order valence-corrected chi connectivity index (χ0v) is 20.3. The van der Waals surface area contributed by atoms with Crippen molar-refractivity contribution in [2.75, 3.05) is 26.2 Å². The van der Waals surface area contributed by atoms with E-state index in [0.717, 1.165) is 56.4 Å². The summed E-state index contributed by atoms with van der Waals surface area (Å²) in [7, 11) is 0. The third-order valence-electron chi connectivity index (χ3n) is 7.34. The zero-order chi connectivity index (χ0) is 20.9. The lowest BCUT2D eigenvalue weighted by Crippen LogP contribution is -2.56. The van der Waals surface area contributed by atoms with Crippen molar-refractivity contribution in [2.24, 2.45) is 5.92 Å². The molecule has 0 spiro atoms. The summed E-state index contributed by atoms with van der Waals surface area (Å²) < 4.78 is 1.17. The molecule has 3 aliphatic rings. The maximum Gasteiger partial charge on any atom is 0.317 e. The van der Waals surface area contributed by atoms with Crippen LogP contribution in [-0.4, -0.2) is 54.1 Å². The van der Waals surface area contributed by atoms with Crippen LogP contribution in [0.4, 0.5) is 4.79 Å². The van der Waals surface area contributed by atoms with Gasteiger partial charge in [0.15, 0.2) is 0 Å². The third-order valence-corrected chi connectivity index (χ3v) is 8.35. The Morgan fingerprint density at radius 1 is 1.03 bits per heavy atom. The van der Waals surface area contributed by atoms with Crippen LogP contribution in [0.3, 0.4) is 0 Å². The van der Waals surface area contributed by atoms with Crippen molar-refractivity contribution < 1.29 is 4.79 Å². The number of carbonyl (C=O) groups is 1. The lowest BCUT2D eigenvalue weighted by atomic mass is 9.90. The predicted molar refractivity (Wildman–Crippen MR) is 127 cm³/mol. The molecule has 2 amide bonds. The van der Waals surface area contributed by atoms with Gasteiger partial charge in [-0.25, -0.2) is 4.79 Å². The van der Waals surface area contributed by atoms with Gasteiger partial charge in [0.25, 0.3) is 0 Å². The molecule has 1 aromatic carbocycles. The summed E-state index contributed by atoms with van der Waals surface area (Å²) in [6, 6.07) is 7.11. The highest BCUT2D eigenvalue weighted by molar-refractivity contribution is 9.10. The SMILES string of the molecule is O=C1NC(CCN2CCC(Cc3cc(Cl)ccc3Br)CC2)CCN1C1CCCCC1. The molecule has 3 fully saturated rings. The Labute approximate surface area is 194 Å². The number of halogens is 2. The molecule has 2 heterocycles. The van der Waals surface area contributed by atoms with Gasteiger partial charge >= 0.3 is 6.03 Å². The van der Waals surface area contributed by atoms with Gasteiger partial charge in [0, 0.05) is 34.7 Å². The molecule has 6 heteroatoms. The number of hydrogen-bond donors (Lipinski definition) is 1. The molecule has 0 aromatic heterocycles. The average molecular weight is 497 g/mol. The predicted octanol–water partition coefficient (Wildman–Crippen LogP) is 5.86. The van der Waals surface area contributed by atoms with Crippen molar-refractivity contribution in [1.82, 2.24) is 15.1 Å². The summed E-state index contributed by atoms with van der Waals surface area (Å²) in [6.07, 6.45) is 12.0. The van der Waals surface area contributed by atoms with Crippen molar-refractivity contribution in [3.8, 4) is 0 Å². The highest BCUT2D eigenvalue weighted by Crippen LogP contribution is 2.28. The fraction of sp³-hybridized carbons (Fsp3) is 0.708. The highest BCUT2D eigenvalue weighted by Gasteiger charge is 2.31. The second-order valence-electron chi connectivity index (χ2n) is 9.43. The number of nitrogens with one attached hydrogen (secondary N) is 1. The number of rotatable bonds is 6. The summed E-state index contributed by atoms with van der Waals surface area (Å²) in [6.45, 7) is 4.37. The van der Waals surface area contributed by atoms with E-state index in [-0.39, 0.29) is 6.03 Å². The highest BCUT2D eigenvalue weighted by atomic mass is 79.9. The average Bonchev–Trinajstić information content (AvgIpc) is 2.76. The maximum absolute atomic E-state index is 12.6. The lowest BCUT2D eigenvalue weighted by molar-refractivity contribution is 0.124. The molecular weight excluding hydrogens is 462 g/mol. The molecule has 1 aliphatic carbocycles. The Bertz CT molecular complexity index is 716. The fourth-order valence-corrected chi connectivity index (χ4v) is 6.05. The monoisotopic (exact) mass is 495 g/mol. The summed E-state index contributed by atoms with van der Waals surface area (Å²) >= 11 is 9.84. The Morgan fingerprint density at radius 2 is 1.80 bits per heavy atom. The van der Waals surface area contributed by atoms with Gasteiger partial charge in [-0.3, -0.25) is 0 Å². The quantitative estimate of drug-likeness (QED) is 0.535. The largest absolute Gasteiger partial charge is 0.335 e. The van der Waals surface area contributed by atoms with E-state index in [9.17, 15) is 4.79 Å². The molecule has 0 bridgehead atoms. The normalized spacial score (nSPS) is 24.8. The molecule has 4 nitrogen and oxygen atoms in total. The standard InChI is InChI=1S/C24H35BrClN3O/c25-23-7-6-20(26)17-19(23)16-18-8-12-28(13-9-18)14-10-21-11-15-29(24(30)27-21)22-4-2-1-3-5-22/h6-7,17-18,21-22H,1-5,8-16H2,(H,27,30). The first-order valence-corrected chi connectivity index (χ1v) is 13.0. The van der Waals surface area contributed by atoms with Crippen LogP contribution < -0.4 is 5.32 Å². The summed E-state index contributed by atoms with van der Waals surface area (Å²) in [4.78, 5) is 17.3. The van der Waals surface area contributed by atoms with Crippen molar-refractivity contribution in [2.45, 2.75) is 76.3 Å². The number of likely N-dealkylation sites (tertiary alicyclic amines) is 1. The van der Waals surface area contributed by atoms with Crippen LogP contribution in [0.5, 0.6) is 0 Å². The van der Waals surface area contributed by atoms with Crippen LogP contribution in [0.1, 0.15) is 63.4 Å². The molecule has 0 radical (unpaired) electrons. The maximum atomic E-state index is 12.6. The van der Waals surface area contributed by atoms with E-state index >= 15 is 0 Å². The number of hydrogen-bond acceptors (Lipinski definition) is 2.